The van der Waals surface area contributed by atoms with Crippen LogP contribution >= 0.6 is 11.7 Å². The Hall–Kier alpha value is -2.86. The second-order valence-electron chi connectivity index (χ2n) is 4.91. The fraction of sp³-hybridized carbons (Fsp3) is 0.0833. The van der Waals surface area contributed by atoms with Gasteiger partial charge in [0.25, 0.3) is 10.0 Å². The first-order valence-electron chi connectivity index (χ1n) is 6.70. The van der Waals surface area contributed by atoms with Gasteiger partial charge in [0, 0.05) is 0 Å². The van der Waals surface area contributed by atoms with Crippen molar-refractivity contribution in [1.82, 2.24) is 33.7 Å². The predicted molar refractivity (Wildman–Crippen MR) is 86.5 cm³/mol. The summed E-state index contributed by atoms with van der Waals surface area (Å²) in [6.07, 6.45) is 2.86. The van der Waals surface area contributed by atoms with Crippen LogP contribution in [0.4, 0.5) is 5.69 Å². The minimum absolute atomic E-state index is 0.0593. The molecule has 0 aliphatic heterocycles. The average molecular weight is 362 g/mol. The number of nitrogens with one attached hydrogen (secondary N) is 2. The maximum absolute atomic E-state index is 12.8. The fourth-order valence-corrected chi connectivity index (χ4v) is 4.12. The molecule has 4 rings (SSSR count). The molecular formula is C12H10N8O2S2. The number of aromatic nitrogens is 7. The van der Waals surface area contributed by atoms with E-state index in [9.17, 15) is 8.42 Å². The molecule has 0 bridgehead atoms. The molecule has 0 fully saturated rings. The lowest BCUT2D eigenvalue weighted by Gasteiger charge is -2.09. The standard InChI is InChI=1S/C12H10N8O2S2/c1-7-10(12(16-15-7)20-5-13-14-6-20)19-24(21,22)9-4-2-3-8-11(9)18-23-17-8/h2-6,19H,1H3,(H,15,16). The lowest BCUT2D eigenvalue weighted by atomic mass is 10.3. The molecule has 0 aliphatic carbocycles. The summed E-state index contributed by atoms with van der Waals surface area (Å²) in [4.78, 5) is 0.0593. The van der Waals surface area contributed by atoms with Crippen molar-refractivity contribution in [3.8, 4) is 5.82 Å². The zero-order valence-corrected chi connectivity index (χ0v) is 13.8. The minimum atomic E-state index is -3.88. The van der Waals surface area contributed by atoms with Gasteiger partial charge in [-0.2, -0.15) is 13.8 Å². The first-order chi connectivity index (χ1) is 11.6. The Labute approximate surface area is 139 Å². The first kappa shape index (κ1) is 14.7. The van der Waals surface area contributed by atoms with Crippen molar-refractivity contribution in [3.63, 3.8) is 0 Å². The molecule has 1 aromatic carbocycles. The lowest BCUT2D eigenvalue weighted by Crippen LogP contribution is -2.15. The van der Waals surface area contributed by atoms with E-state index in [-0.39, 0.29) is 4.90 Å². The molecule has 0 atom stereocenters. The third-order valence-electron chi connectivity index (χ3n) is 3.37. The van der Waals surface area contributed by atoms with E-state index in [1.54, 1.807) is 19.1 Å². The Bertz CT molecular complexity index is 1110. The SMILES string of the molecule is Cc1[nH]nc(-n2cnnc2)c1NS(=O)(=O)c1cccc2nsnc12. The third-order valence-corrected chi connectivity index (χ3v) is 5.29. The fourth-order valence-electron chi connectivity index (χ4n) is 2.22. The topological polar surface area (TPSA) is 131 Å². The Morgan fingerprint density at radius 3 is 2.79 bits per heavy atom. The van der Waals surface area contributed by atoms with Gasteiger partial charge in [0.05, 0.1) is 17.4 Å². The molecule has 0 saturated carbocycles. The number of rotatable bonds is 4. The van der Waals surface area contributed by atoms with Crippen LogP contribution in [0.1, 0.15) is 5.69 Å². The zero-order valence-electron chi connectivity index (χ0n) is 12.2. The van der Waals surface area contributed by atoms with Crippen LogP contribution in [0, 0.1) is 6.92 Å². The Morgan fingerprint density at radius 1 is 1.21 bits per heavy atom. The van der Waals surface area contributed by atoms with Crippen molar-refractivity contribution in [1.29, 1.82) is 0 Å². The number of benzene rings is 1. The number of hydrogen-bond donors (Lipinski definition) is 2. The summed E-state index contributed by atoms with van der Waals surface area (Å²) >= 11 is 0.964. The van der Waals surface area contributed by atoms with Crippen LogP contribution in [-0.4, -0.2) is 42.1 Å². The molecule has 3 heterocycles. The monoisotopic (exact) mass is 362 g/mol. The number of sulfonamides is 1. The average Bonchev–Trinajstić information content (AvgIpc) is 3.28. The zero-order chi connectivity index (χ0) is 16.7. The van der Waals surface area contributed by atoms with Gasteiger partial charge >= 0.3 is 0 Å². The summed E-state index contributed by atoms with van der Waals surface area (Å²) in [6.45, 7) is 1.71. The Morgan fingerprint density at radius 2 is 2.00 bits per heavy atom. The highest BCUT2D eigenvalue weighted by molar-refractivity contribution is 7.93. The highest BCUT2D eigenvalue weighted by atomic mass is 32.2. The maximum Gasteiger partial charge on any atom is 0.264 e. The molecule has 0 radical (unpaired) electrons. The highest BCUT2D eigenvalue weighted by Gasteiger charge is 2.23. The molecule has 0 spiro atoms. The molecule has 0 unspecified atom stereocenters. The van der Waals surface area contributed by atoms with E-state index in [1.165, 1.54) is 23.3 Å². The van der Waals surface area contributed by atoms with Crippen molar-refractivity contribution in [3.05, 3.63) is 36.5 Å². The van der Waals surface area contributed by atoms with E-state index in [4.69, 9.17) is 0 Å². The highest BCUT2D eigenvalue weighted by Crippen LogP contribution is 2.27. The molecule has 0 saturated heterocycles. The Balaban J connectivity index is 1.81. The third kappa shape index (κ3) is 2.32. The molecule has 4 aromatic rings. The molecule has 24 heavy (non-hydrogen) atoms. The summed E-state index contributed by atoms with van der Waals surface area (Å²) in [6, 6.07) is 4.82. The van der Waals surface area contributed by atoms with Crippen LogP contribution in [0.5, 0.6) is 0 Å². The van der Waals surface area contributed by atoms with E-state index in [0.717, 1.165) is 11.7 Å². The first-order valence-corrected chi connectivity index (χ1v) is 8.92. The summed E-state index contributed by atoms with van der Waals surface area (Å²) in [7, 11) is -3.88. The number of hydrogen-bond acceptors (Lipinski definition) is 8. The number of aromatic amines is 1. The van der Waals surface area contributed by atoms with E-state index in [0.29, 0.717) is 28.2 Å². The smallest absolute Gasteiger partial charge is 0.264 e. The van der Waals surface area contributed by atoms with Crippen molar-refractivity contribution < 1.29 is 8.42 Å². The minimum Gasteiger partial charge on any atom is -0.279 e. The van der Waals surface area contributed by atoms with Gasteiger partial charge < -0.3 is 0 Å². The van der Waals surface area contributed by atoms with Crippen LogP contribution in [0.3, 0.4) is 0 Å². The van der Waals surface area contributed by atoms with Crippen molar-refractivity contribution in [2.24, 2.45) is 0 Å². The van der Waals surface area contributed by atoms with Crippen molar-refractivity contribution in [2.75, 3.05) is 4.72 Å². The Kier molecular flexibility index (Phi) is 3.28. The second-order valence-corrected chi connectivity index (χ2v) is 7.09. The molecule has 10 nitrogen and oxygen atoms in total. The predicted octanol–water partition coefficient (Wildman–Crippen LogP) is 1.10. The van der Waals surface area contributed by atoms with Crippen LogP contribution in [0.25, 0.3) is 16.9 Å². The largest absolute Gasteiger partial charge is 0.279 e. The molecular weight excluding hydrogens is 352 g/mol. The quantitative estimate of drug-likeness (QED) is 0.556. The number of aryl methyl sites for hydroxylation is 1. The van der Waals surface area contributed by atoms with Crippen LogP contribution in [-0.2, 0) is 10.0 Å². The molecule has 12 heteroatoms. The van der Waals surface area contributed by atoms with Gasteiger partial charge in [0.15, 0.2) is 5.82 Å². The summed E-state index contributed by atoms with van der Waals surface area (Å²) in [5.41, 5.74) is 1.74. The van der Waals surface area contributed by atoms with Crippen molar-refractivity contribution >= 4 is 38.5 Å². The molecule has 2 N–H and O–H groups in total. The number of H-pyrrole nitrogens is 1. The van der Waals surface area contributed by atoms with E-state index < -0.39 is 10.0 Å². The second kappa shape index (κ2) is 5.35. The maximum atomic E-state index is 12.8. The lowest BCUT2D eigenvalue weighted by molar-refractivity contribution is 0.602. The molecule has 0 amide bonds. The van der Waals surface area contributed by atoms with Crippen LogP contribution in [0.15, 0.2) is 35.7 Å². The van der Waals surface area contributed by atoms with Crippen molar-refractivity contribution in [2.45, 2.75) is 11.8 Å². The van der Waals surface area contributed by atoms with Gasteiger partial charge in [-0.25, -0.2) is 8.42 Å². The van der Waals surface area contributed by atoms with Gasteiger partial charge in [-0.3, -0.25) is 14.4 Å². The number of fused-ring (bicyclic) bond motifs is 1. The van der Waals surface area contributed by atoms with E-state index in [1.807, 2.05) is 0 Å². The number of anilines is 1. The summed E-state index contributed by atoms with van der Waals surface area (Å²) in [5, 5.41) is 14.3. The van der Waals surface area contributed by atoms with Gasteiger partial charge in [0.2, 0.25) is 0 Å². The molecule has 122 valence electrons. The van der Waals surface area contributed by atoms with Gasteiger partial charge in [-0.1, -0.05) is 6.07 Å². The molecule has 0 aliphatic rings. The van der Waals surface area contributed by atoms with E-state index in [2.05, 4.69) is 33.9 Å². The summed E-state index contributed by atoms with van der Waals surface area (Å²) in [5.74, 6) is 0.352. The summed E-state index contributed by atoms with van der Waals surface area (Å²) < 4.78 is 37.9. The molecule has 3 aromatic heterocycles. The number of nitrogens with zero attached hydrogens (tertiary/aromatic N) is 6. The van der Waals surface area contributed by atoms with Gasteiger partial charge in [0.1, 0.15) is 34.3 Å². The van der Waals surface area contributed by atoms with Crippen LogP contribution in [0.2, 0.25) is 0 Å². The van der Waals surface area contributed by atoms with Gasteiger partial charge in [-0.05, 0) is 19.1 Å². The van der Waals surface area contributed by atoms with Gasteiger partial charge in [-0.15, -0.1) is 10.2 Å². The van der Waals surface area contributed by atoms with E-state index >= 15 is 0 Å². The normalized spacial score (nSPS) is 11.9. The van der Waals surface area contributed by atoms with Crippen LogP contribution < -0.4 is 4.72 Å².